The van der Waals surface area contributed by atoms with Gasteiger partial charge in [-0.15, -0.1) is 11.3 Å². The smallest absolute Gasteiger partial charge is 0.146 e. The van der Waals surface area contributed by atoms with Crippen LogP contribution in [0.1, 0.15) is 4.88 Å². The summed E-state index contributed by atoms with van der Waals surface area (Å²) in [5.41, 5.74) is 0. The molecule has 0 N–H and O–H groups in total. The molecule has 1 heterocycles. The number of ether oxygens (including phenoxy) is 1. The number of rotatable bonds is 3. The number of benzene rings is 1. The van der Waals surface area contributed by atoms with Gasteiger partial charge in [-0.25, -0.2) is 0 Å². The van der Waals surface area contributed by atoms with Gasteiger partial charge >= 0.3 is 0 Å². The molecule has 0 aliphatic carbocycles. The maximum Gasteiger partial charge on any atom is 0.146 e. The van der Waals surface area contributed by atoms with Crippen LogP contribution in [0, 0.1) is 10.7 Å². The molecule has 0 bridgehead atoms. The van der Waals surface area contributed by atoms with Gasteiger partial charge in [-0.05, 0) is 108 Å². The Bertz CT molecular complexity index is 518. The van der Waals surface area contributed by atoms with Crippen molar-refractivity contribution in [2.75, 3.05) is 0 Å². The fraction of sp³-hybridized carbons (Fsp3) is 0.0909. The fourth-order valence-corrected chi connectivity index (χ4v) is 6.53. The molecule has 2 rings (SSSR count). The lowest BCUT2D eigenvalue weighted by atomic mass is 10.3. The highest BCUT2D eigenvalue weighted by Gasteiger charge is 2.08. The van der Waals surface area contributed by atoms with E-state index in [2.05, 4.69) is 102 Å². The molecule has 2 aromatic rings. The minimum absolute atomic E-state index is 0.628. The van der Waals surface area contributed by atoms with Gasteiger partial charge in [0.25, 0.3) is 0 Å². The van der Waals surface area contributed by atoms with Crippen molar-refractivity contribution in [2.45, 2.75) is 6.61 Å². The first-order valence-electron chi connectivity index (χ1n) is 4.58. The summed E-state index contributed by atoms with van der Waals surface area (Å²) in [6.45, 7) is 0.628. The zero-order valence-corrected chi connectivity index (χ0v) is 17.2. The van der Waals surface area contributed by atoms with Crippen LogP contribution < -0.4 is 4.74 Å². The molecule has 0 radical (unpaired) electrons. The highest BCUT2D eigenvalue weighted by atomic mass is 127. The molecule has 1 aromatic carbocycles. The maximum absolute atomic E-state index is 5.89. The van der Waals surface area contributed by atoms with E-state index in [1.807, 2.05) is 6.07 Å². The molecule has 90 valence electrons. The van der Waals surface area contributed by atoms with Gasteiger partial charge < -0.3 is 4.74 Å². The first kappa shape index (κ1) is 14.8. The van der Waals surface area contributed by atoms with E-state index in [0.717, 1.165) is 16.7 Å². The van der Waals surface area contributed by atoms with Crippen LogP contribution in [0.2, 0.25) is 0 Å². The Balaban J connectivity index is 2.14. The van der Waals surface area contributed by atoms with E-state index in [4.69, 9.17) is 4.74 Å². The van der Waals surface area contributed by atoms with Crippen molar-refractivity contribution in [3.05, 3.63) is 43.6 Å². The minimum atomic E-state index is 0.628. The second-order valence-corrected chi connectivity index (χ2v) is 9.31. The molecule has 0 amide bonds. The van der Waals surface area contributed by atoms with Crippen LogP contribution in [-0.4, -0.2) is 0 Å². The zero-order valence-electron chi connectivity index (χ0n) is 8.34. The van der Waals surface area contributed by atoms with Gasteiger partial charge in [0.05, 0.1) is 10.9 Å². The molecule has 1 nitrogen and oxygen atoms in total. The van der Waals surface area contributed by atoms with Crippen molar-refractivity contribution >= 4 is 95.0 Å². The lowest BCUT2D eigenvalue weighted by Crippen LogP contribution is -1.97. The molecular weight excluding hydrogens is 641 g/mol. The van der Waals surface area contributed by atoms with Gasteiger partial charge in [-0.2, -0.15) is 0 Å². The van der Waals surface area contributed by atoms with E-state index >= 15 is 0 Å². The normalized spacial score (nSPS) is 10.6. The summed E-state index contributed by atoms with van der Waals surface area (Å²) in [7, 11) is 0. The molecule has 0 aliphatic heterocycles. The Morgan fingerprint density at radius 1 is 1.12 bits per heavy atom. The van der Waals surface area contributed by atoms with Crippen LogP contribution in [0.15, 0.2) is 28.1 Å². The molecule has 6 heteroatoms. The average molecular weight is 647 g/mol. The van der Waals surface area contributed by atoms with Gasteiger partial charge in [-0.1, -0.05) is 0 Å². The van der Waals surface area contributed by atoms with Crippen LogP contribution in [-0.2, 0) is 6.61 Å². The highest BCUT2D eigenvalue weighted by Crippen LogP contribution is 2.31. The van der Waals surface area contributed by atoms with Crippen LogP contribution >= 0.6 is 95.0 Å². The van der Waals surface area contributed by atoms with Crippen LogP contribution in [0.5, 0.6) is 5.75 Å². The lowest BCUT2D eigenvalue weighted by Gasteiger charge is -2.09. The molecule has 0 aliphatic rings. The topological polar surface area (TPSA) is 9.23 Å². The average Bonchev–Trinajstić information content (AvgIpc) is 2.62. The summed E-state index contributed by atoms with van der Waals surface area (Å²) in [4.78, 5) is 1.22. The Morgan fingerprint density at radius 2 is 1.76 bits per heavy atom. The van der Waals surface area contributed by atoms with E-state index < -0.39 is 0 Å². The standard InChI is InChI=1S/C11H6BrI3OS/c12-10-2-1-7(17-10)5-16-11-8(14)3-6(13)4-9(11)15/h1-4H,5H2. The number of thiophene rings is 1. The molecule has 0 spiro atoms. The van der Waals surface area contributed by atoms with Crippen molar-refractivity contribution in [1.29, 1.82) is 0 Å². The molecule has 0 unspecified atom stereocenters. The summed E-state index contributed by atoms with van der Waals surface area (Å²) >= 11 is 12.1. The Hall–Kier alpha value is 1.39. The molecular formula is C11H6BrI3OS. The molecule has 0 saturated heterocycles. The van der Waals surface area contributed by atoms with Gasteiger partial charge in [0, 0.05) is 8.45 Å². The van der Waals surface area contributed by atoms with Gasteiger partial charge in [-0.3, -0.25) is 0 Å². The summed E-state index contributed by atoms with van der Waals surface area (Å²) in [6.07, 6.45) is 0. The van der Waals surface area contributed by atoms with Gasteiger partial charge in [0.15, 0.2) is 0 Å². The lowest BCUT2D eigenvalue weighted by molar-refractivity contribution is 0.305. The summed E-state index contributed by atoms with van der Waals surface area (Å²) < 4.78 is 10.6. The molecule has 0 fully saturated rings. The van der Waals surface area contributed by atoms with E-state index in [1.165, 1.54) is 8.45 Å². The monoisotopic (exact) mass is 646 g/mol. The largest absolute Gasteiger partial charge is 0.486 e. The first-order chi connectivity index (χ1) is 8.06. The minimum Gasteiger partial charge on any atom is -0.486 e. The van der Waals surface area contributed by atoms with Crippen molar-refractivity contribution < 1.29 is 4.74 Å². The van der Waals surface area contributed by atoms with E-state index in [0.29, 0.717) is 6.61 Å². The van der Waals surface area contributed by atoms with E-state index in [1.54, 1.807) is 11.3 Å². The van der Waals surface area contributed by atoms with Crippen molar-refractivity contribution in [3.8, 4) is 5.75 Å². The first-order valence-corrected chi connectivity index (χ1v) is 9.42. The van der Waals surface area contributed by atoms with Crippen molar-refractivity contribution in [3.63, 3.8) is 0 Å². The Kier molecular flexibility index (Phi) is 5.84. The Labute approximate surface area is 153 Å². The highest BCUT2D eigenvalue weighted by molar-refractivity contribution is 14.1. The van der Waals surface area contributed by atoms with Crippen LogP contribution in [0.4, 0.5) is 0 Å². The third kappa shape index (κ3) is 4.18. The molecule has 0 atom stereocenters. The summed E-state index contributed by atoms with van der Waals surface area (Å²) in [6, 6.07) is 8.39. The third-order valence-electron chi connectivity index (χ3n) is 1.95. The van der Waals surface area contributed by atoms with Crippen molar-refractivity contribution in [1.82, 2.24) is 0 Å². The Morgan fingerprint density at radius 3 is 2.29 bits per heavy atom. The van der Waals surface area contributed by atoms with Gasteiger partial charge in [0.1, 0.15) is 12.4 Å². The second kappa shape index (κ2) is 6.71. The van der Waals surface area contributed by atoms with Gasteiger partial charge in [0.2, 0.25) is 0 Å². The number of hydrogen-bond donors (Lipinski definition) is 0. The third-order valence-corrected chi connectivity index (χ3v) is 5.77. The van der Waals surface area contributed by atoms with Crippen LogP contribution in [0.25, 0.3) is 0 Å². The molecule has 1 aromatic heterocycles. The predicted molar refractivity (Wildman–Crippen MR) is 101 cm³/mol. The maximum atomic E-state index is 5.89. The van der Waals surface area contributed by atoms with Crippen LogP contribution in [0.3, 0.4) is 0 Å². The van der Waals surface area contributed by atoms with E-state index in [-0.39, 0.29) is 0 Å². The predicted octanol–water partition coefficient (Wildman–Crippen LogP) is 5.90. The fourth-order valence-electron chi connectivity index (χ4n) is 1.24. The second-order valence-electron chi connectivity index (χ2n) is 3.19. The molecule has 0 saturated carbocycles. The summed E-state index contributed by atoms with van der Waals surface area (Å²) in [5, 5.41) is 0. The van der Waals surface area contributed by atoms with E-state index in [9.17, 15) is 0 Å². The SMILES string of the molecule is Brc1ccc(COc2c(I)cc(I)cc2I)s1. The zero-order chi connectivity index (χ0) is 12.4. The number of hydrogen-bond acceptors (Lipinski definition) is 2. The van der Waals surface area contributed by atoms with Crippen molar-refractivity contribution in [2.24, 2.45) is 0 Å². The summed E-state index contributed by atoms with van der Waals surface area (Å²) in [5.74, 6) is 0.983. The molecule has 17 heavy (non-hydrogen) atoms. The number of halogens is 4. The quantitative estimate of drug-likeness (QED) is 0.378.